The van der Waals surface area contributed by atoms with E-state index in [0.29, 0.717) is 23.7 Å². The van der Waals surface area contributed by atoms with Crippen LogP contribution in [0.15, 0.2) is 41.3 Å². The van der Waals surface area contributed by atoms with Crippen molar-refractivity contribution >= 4 is 21.6 Å². The summed E-state index contributed by atoms with van der Waals surface area (Å²) in [5.41, 5.74) is 0.686. The SMILES string of the molecule is CCCOc1ccc(CNS(=O)(=O)c2cccc(Cl)c2O)cc1OC. The minimum atomic E-state index is -3.91. The Bertz CT molecular complexity index is 839. The Hall–Kier alpha value is -1.96. The van der Waals surface area contributed by atoms with E-state index >= 15 is 0 Å². The quantitative estimate of drug-likeness (QED) is 0.728. The largest absolute Gasteiger partial charge is 0.505 e. The fourth-order valence-corrected chi connectivity index (χ4v) is 3.49. The molecule has 25 heavy (non-hydrogen) atoms. The van der Waals surface area contributed by atoms with E-state index in [-0.39, 0.29) is 16.5 Å². The van der Waals surface area contributed by atoms with E-state index in [2.05, 4.69) is 4.72 Å². The summed E-state index contributed by atoms with van der Waals surface area (Å²) in [6, 6.07) is 9.33. The Labute approximate surface area is 152 Å². The standard InChI is InChI=1S/C17H20ClNO5S/c1-3-9-24-14-8-7-12(10-15(14)23-2)11-19-25(21,22)16-6-4-5-13(18)17(16)20/h4-8,10,19-20H,3,9,11H2,1-2H3. The molecule has 0 saturated carbocycles. The molecule has 0 heterocycles. The summed E-state index contributed by atoms with van der Waals surface area (Å²) in [7, 11) is -2.39. The zero-order valence-electron chi connectivity index (χ0n) is 14.0. The van der Waals surface area contributed by atoms with Crippen LogP contribution in [-0.2, 0) is 16.6 Å². The van der Waals surface area contributed by atoms with Gasteiger partial charge in [-0.15, -0.1) is 0 Å². The highest BCUT2D eigenvalue weighted by molar-refractivity contribution is 7.89. The number of hydrogen-bond acceptors (Lipinski definition) is 5. The minimum absolute atomic E-state index is 0.0260. The third kappa shape index (κ3) is 4.78. The van der Waals surface area contributed by atoms with Gasteiger partial charge < -0.3 is 14.6 Å². The molecule has 0 amide bonds. The van der Waals surface area contributed by atoms with E-state index in [4.69, 9.17) is 21.1 Å². The number of phenols is 1. The van der Waals surface area contributed by atoms with Crippen molar-refractivity contribution in [3.8, 4) is 17.2 Å². The highest BCUT2D eigenvalue weighted by atomic mass is 35.5. The predicted molar refractivity (Wildman–Crippen MR) is 95.9 cm³/mol. The number of aromatic hydroxyl groups is 1. The van der Waals surface area contributed by atoms with Crippen LogP contribution < -0.4 is 14.2 Å². The molecular weight excluding hydrogens is 366 g/mol. The zero-order valence-corrected chi connectivity index (χ0v) is 15.5. The van der Waals surface area contributed by atoms with E-state index in [9.17, 15) is 13.5 Å². The van der Waals surface area contributed by atoms with E-state index in [0.717, 1.165) is 6.42 Å². The third-order valence-electron chi connectivity index (χ3n) is 3.40. The number of methoxy groups -OCH3 is 1. The average molecular weight is 386 g/mol. The van der Waals surface area contributed by atoms with Gasteiger partial charge in [0.2, 0.25) is 10.0 Å². The number of ether oxygens (including phenoxy) is 2. The molecule has 0 fully saturated rings. The summed E-state index contributed by atoms with van der Waals surface area (Å²) in [4.78, 5) is -0.269. The van der Waals surface area contributed by atoms with Crippen LogP contribution in [0.4, 0.5) is 0 Å². The van der Waals surface area contributed by atoms with Crippen molar-refractivity contribution in [2.24, 2.45) is 0 Å². The third-order valence-corrected chi connectivity index (χ3v) is 5.13. The molecule has 2 aromatic rings. The maximum atomic E-state index is 12.4. The molecular formula is C17H20ClNO5S. The number of rotatable bonds is 8. The smallest absolute Gasteiger partial charge is 0.244 e. The van der Waals surface area contributed by atoms with Gasteiger partial charge in [-0.05, 0) is 36.2 Å². The van der Waals surface area contributed by atoms with Gasteiger partial charge in [0.15, 0.2) is 17.2 Å². The molecule has 0 aromatic heterocycles. The van der Waals surface area contributed by atoms with Gasteiger partial charge in [-0.2, -0.15) is 0 Å². The first-order valence-electron chi connectivity index (χ1n) is 7.66. The summed E-state index contributed by atoms with van der Waals surface area (Å²) in [6.07, 6.45) is 0.869. The van der Waals surface area contributed by atoms with E-state index < -0.39 is 15.8 Å². The van der Waals surface area contributed by atoms with E-state index in [1.807, 2.05) is 6.92 Å². The van der Waals surface area contributed by atoms with Crippen LogP contribution in [0.5, 0.6) is 17.2 Å². The normalized spacial score (nSPS) is 11.3. The number of halogens is 1. The molecule has 0 atom stereocenters. The maximum absolute atomic E-state index is 12.4. The van der Waals surface area contributed by atoms with Crippen molar-refractivity contribution in [1.82, 2.24) is 4.72 Å². The van der Waals surface area contributed by atoms with Crippen molar-refractivity contribution in [2.75, 3.05) is 13.7 Å². The van der Waals surface area contributed by atoms with Gasteiger partial charge in [0.1, 0.15) is 4.90 Å². The van der Waals surface area contributed by atoms with Crippen LogP contribution in [0, 0.1) is 0 Å². The number of phenolic OH excluding ortho intramolecular Hbond substituents is 1. The Kier molecular flexibility index (Phi) is 6.52. The zero-order chi connectivity index (χ0) is 18.4. The van der Waals surface area contributed by atoms with Gasteiger partial charge in [-0.3, -0.25) is 0 Å². The summed E-state index contributed by atoms with van der Waals surface area (Å²) in [5.74, 6) is 0.650. The molecule has 0 saturated heterocycles. The monoisotopic (exact) mass is 385 g/mol. The number of sulfonamides is 1. The molecule has 0 aliphatic rings. The van der Waals surface area contributed by atoms with Gasteiger partial charge in [-0.1, -0.05) is 30.7 Å². The molecule has 0 unspecified atom stereocenters. The van der Waals surface area contributed by atoms with Crippen LogP contribution in [0.25, 0.3) is 0 Å². The number of nitrogens with one attached hydrogen (secondary N) is 1. The first-order chi connectivity index (χ1) is 11.9. The predicted octanol–water partition coefficient (Wildman–Crippen LogP) is 3.32. The fourth-order valence-electron chi connectivity index (χ4n) is 2.12. The lowest BCUT2D eigenvalue weighted by Crippen LogP contribution is -2.23. The van der Waals surface area contributed by atoms with Gasteiger partial charge >= 0.3 is 0 Å². The van der Waals surface area contributed by atoms with Crippen molar-refractivity contribution < 1.29 is 23.0 Å². The van der Waals surface area contributed by atoms with Crippen LogP contribution in [0.1, 0.15) is 18.9 Å². The van der Waals surface area contributed by atoms with Gasteiger partial charge in [0.05, 0.1) is 18.7 Å². The molecule has 0 bridgehead atoms. The van der Waals surface area contributed by atoms with Gasteiger partial charge in [-0.25, -0.2) is 13.1 Å². The van der Waals surface area contributed by atoms with Crippen LogP contribution in [0.3, 0.4) is 0 Å². The van der Waals surface area contributed by atoms with Crippen LogP contribution >= 0.6 is 11.6 Å². The van der Waals surface area contributed by atoms with Crippen molar-refractivity contribution in [1.29, 1.82) is 0 Å². The Morgan fingerprint density at radius 2 is 1.96 bits per heavy atom. The second-order valence-electron chi connectivity index (χ2n) is 5.24. The highest BCUT2D eigenvalue weighted by Gasteiger charge is 2.20. The molecule has 2 aromatic carbocycles. The van der Waals surface area contributed by atoms with Crippen LogP contribution in [0.2, 0.25) is 5.02 Å². The molecule has 0 aliphatic heterocycles. The lowest BCUT2D eigenvalue weighted by molar-refractivity contribution is 0.294. The molecule has 2 rings (SSSR count). The number of hydrogen-bond donors (Lipinski definition) is 2. The molecule has 0 aliphatic carbocycles. The first-order valence-corrected chi connectivity index (χ1v) is 9.52. The summed E-state index contributed by atoms with van der Waals surface area (Å²) in [6.45, 7) is 2.59. The average Bonchev–Trinajstić information content (AvgIpc) is 2.60. The Morgan fingerprint density at radius 3 is 2.64 bits per heavy atom. The molecule has 8 heteroatoms. The van der Waals surface area contributed by atoms with Crippen molar-refractivity contribution in [3.05, 3.63) is 47.0 Å². The summed E-state index contributed by atoms with van der Waals surface area (Å²) >= 11 is 5.76. The van der Waals surface area contributed by atoms with E-state index in [1.165, 1.54) is 25.3 Å². The highest BCUT2D eigenvalue weighted by Crippen LogP contribution is 2.31. The van der Waals surface area contributed by atoms with Crippen LogP contribution in [-0.4, -0.2) is 27.2 Å². The molecule has 0 radical (unpaired) electrons. The number of benzene rings is 2. The van der Waals surface area contributed by atoms with Gasteiger partial charge in [0, 0.05) is 6.54 Å². The summed E-state index contributed by atoms with van der Waals surface area (Å²) in [5, 5.41) is 9.82. The number of para-hydroxylation sites is 1. The topological polar surface area (TPSA) is 84.9 Å². The van der Waals surface area contributed by atoms with Gasteiger partial charge in [0.25, 0.3) is 0 Å². The van der Waals surface area contributed by atoms with E-state index in [1.54, 1.807) is 18.2 Å². The Balaban J connectivity index is 2.16. The van der Waals surface area contributed by atoms with Crippen molar-refractivity contribution in [2.45, 2.75) is 24.8 Å². The van der Waals surface area contributed by atoms with Crippen molar-refractivity contribution in [3.63, 3.8) is 0 Å². The molecule has 136 valence electrons. The molecule has 2 N–H and O–H groups in total. The Morgan fingerprint density at radius 1 is 1.20 bits per heavy atom. The lowest BCUT2D eigenvalue weighted by atomic mass is 10.2. The maximum Gasteiger partial charge on any atom is 0.244 e. The molecule has 0 spiro atoms. The fraction of sp³-hybridized carbons (Fsp3) is 0.294. The second-order valence-corrected chi connectivity index (χ2v) is 7.39. The lowest BCUT2D eigenvalue weighted by Gasteiger charge is -2.13. The summed E-state index contributed by atoms with van der Waals surface area (Å²) < 4.78 is 38.0. The minimum Gasteiger partial charge on any atom is -0.505 e. The second kappa shape index (κ2) is 8.42. The molecule has 6 nitrogen and oxygen atoms in total. The first kappa shape index (κ1) is 19.4.